The average molecular weight is 303 g/mol. The molecule has 1 fully saturated rings. The van der Waals surface area contributed by atoms with E-state index in [1.165, 1.54) is 0 Å². The third-order valence-corrected chi connectivity index (χ3v) is 3.88. The fourth-order valence-electron chi connectivity index (χ4n) is 2.72. The lowest BCUT2D eigenvalue weighted by atomic mass is 10.1. The monoisotopic (exact) mass is 303 g/mol. The number of carbonyl (C=O) groups is 2. The Bertz CT molecular complexity index is 530. The number of hydrogen-bond donors (Lipinski definition) is 0. The van der Waals surface area contributed by atoms with E-state index in [4.69, 9.17) is 4.74 Å². The number of benzene rings is 1. The zero-order chi connectivity index (χ0) is 15.9. The van der Waals surface area contributed by atoms with Crippen LogP contribution in [0, 0.1) is 6.92 Å². The van der Waals surface area contributed by atoms with Crippen molar-refractivity contribution in [3.05, 3.63) is 36.8 Å². The molecule has 1 aromatic carbocycles. The smallest absolute Gasteiger partial charge is 0.236 e. The predicted molar refractivity (Wildman–Crippen MR) is 84.2 cm³/mol. The normalized spacial score (nSPS) is 15.9. The second-order valence-corrected chi connectivity index (χ2v) is 5.35. The first kappa shape index (κ1) is 16.5. The van der Waals surface area contributed by atoms with E-state index in [2.05, 4.69) is 6.92 Å². The van der Waals surface area contributed by atoms with Gasteiger partial charge in [-0.05, 0) is 19.4 Å². The molecule has 22 heavy (non-hydrogen) atoms. The van der Waals surface area contributed by atoms with Crippen molar-refractivity contribution in [3.63, 3.8) is 0 Å². The molecule has 1 aliphatic rings. The summed E-state index contributed by atoms with van der Waals surface area (Å²) in [7, 11) is 1.61. The minimum atomic E-state index is 0.0958. The lowest BCUT2D eigenvalue weighted by Gasteiger charge is -2.37. The maximum atomic E-state index is 12.2. The summed E-state index contributed by atoms with van der Waals surface area (Å²) < 4.78 is 5.27. The molecule has 1 saturated heterocycles. The number of hydrogen-bond acceptors (Lipinski definition) is 4. The quantitative estimate of drug-likeness (QED) is 0.771. The summed E-state index contributed by atoms with van der Waals surface area (Å²) in [4.78, 5) is 24.0. The van der Waals surface area contributed by atoms with Crippen LogP contribution in [0.5, 0.6) is 5.75 Å². The first-order valence-electron chi connectivity index (χ1n) is 7.63. The number of hydrazine groups is 1. The van der Waals surface area contributed by atoms with Gasteiger partial charge < -0.3 is 4.74 Å². The van der Waals surface area contributed by atoms with Crippen LogP contribution in [-0.2, 0) is 16.0 Å². The van der Waals surface area contributed by atoms with Crippen LogP contribution in [0.4, 0.5) is 0 Å². The van der Waals surface area contributed by atoms with Gasteiger partial charge in [-0.15, -0.1) is 0 Å². The third kappa shape index (κ3) is 4.07. The zero-order valence-electron chi connectivity index (χ0n) is 13.1. The minimum Gasteiger partial charge on any atom is -0.496 e. The van der Waals surface area contributed by atoms with Crippen LogP contribution >= 0.6 is 0 Å². The lowest BCUT2D eigenvalue weighted by Crippen LogP contribution is -2.51. The molecule has 0 saturated carbocycles. The summed E-state index contributed by atoms with van der Waals surface area (Å²) in [6, 6.07) is 7.55. The highest BCUT2D eigenvalue weighted by Gasteiger charge is 2.24. The highest BCUT2D eigenvalue weighted by atomic mass is 16.5. The van der Waals surface area contributed by atoms with Crippen LogP contribution in [0.3, 0.4) is 0 Å². The Labute approximate surface area is 131 Å². The van der Waals surface area contributed by atoms with Gasteiger partial charge in [0.2, 0.25) is 5.91 Å². The number of carbonyl (C=O) groups excluding carboxylic acids is 2. The highest BCUT2D eigenvalue weighted by Crippen LogP contribution is 2.19. The molecule has 1 amide bonds. The van der Waals surface area contributed by atoms with Gasteiger partial charge in [-0.25, -0.2) is 5.01 Å². The molecule has 1 heterocycles. The molecule has 0 aliphatic carbocycles. The van der Waals surface area contributed by atoms with Crippen LogP contribution in [0.25, 0.3) is 0 Å². The van der Waals surface area contributed by atoms with Crippen LogP contribution < -0.4 is 4.74 Å². The molecule has 0 spiro atoms. The van der Waals surface area contributed by atoms with Gasteiger partial charge in [0, 0.05) is 44.5 Å². The molecule has 1 aromatic rings. The molecule has 0 atom stereocenters. The summed E-state index contributed by atoms with van der Waals surface area (Å²) in [5, 5.41) is 3.60. The molecule has 5 nitrogen and oxygen atoms in total. The number of methoxy groups -OCH3 is 1. The summed E-state index contributed by atoms with van der Waals surface area (Å²) in [5.74, 6) is 0.980. The third-order valence-electron chi connectivity index (χ3n) is 3.88. The van der Waals surface area contributed by atoms with Gasteiger partial charge in [-0.3, -0.25) is 14.6 Å². The summed E-state index contributed by atoms with van der Waals surface area (Å²) in [6.45, 7) is 5.58. The van der Waals surface area contributed by atoms with E-state index in [-0.39, 0.29) is 11.7 Å². The Morgan fingerprint density at radius 2 is 2.14 bits per heavy atom. The molecular formula is C17H23N2O3. The SMILES string of the molecule is [CH2]CN1C(=O)CCCN1CCC(=O)Cc1ccccc1OC. The van der Waals surface area contributed by atoms with Crippen LogP contribution in [-0.4, -0.2) is 48.5 Å². The van der Waals surface area contributed by atoms with Gasteiger partial charge in [0.05, 0.1) is 7.11 Å². The van der Waals surface area contributed by atoms with E-state index in [0.29, 0.717) is 32.4 Å². The molecular weight excluding hydrogens is 280 g/mol. The number of amides is 1. The second kappa shape index (κ2) is 7.94. The van der Waals surface area contributed by atoms with E-state index >= 15 is 0 Å². The van der Waals surface area contributed by atoms with Crippen molar-refractivity contribution in [2.75, 3.05) is 26.7 Å². The highest BCUT2D eigenvalue weighted by molar-refractivity contribution is 5.82. The summed E-state index contributed by atoms with van der Waals surface area (Å²) >= 11 is 0. The molecule has 119 valence electrons. The van der Waals surface area contributed by atoms with E-state index < -0.39 is 0 Å². The molecule has 0 unspecified atom stereocenters. The number of rotatable bonds is 7. The molecule has 0 N–H and O–H groups in total. The maximum absolute atomic E-state index is 12.2. The minimum absolute atomic E-state index is 0.0958. The Hall–Kier alpha value is -1.88. The first-order chi connectivity index (χ1) is 10.7. The largest absolute Gasteiger partial charge is 0.496 e. The Balaban J connectivity index is 1.88. The summed E-state index contributed by atoms with van der Waals surface area (Å²) in [5.41, 5.74) is 0.902. The lowest BCUT2D eigenvalue weighted by molar-refractivity contribution is -0.154. The van der Waals surface area contributed by atoms with Crippen molar-refractivity contribution >= 4 is 11.7 Å². The molecule has 0 bridgehead atoms. The average Bonchev–Trinajstić information content (AvgIpc) is 2.53. The molecule has 1 radical (unpaired) electrons. The van der Waals surface area contributed by atoms with Crippen molar-refractivity contribution in [2.24, 2.45) is 0 Å². The van der Waals surface area contributed by atoms with Crippen molar-refractivity contribution in [1.82, 2.24) is 10.0 Å². The number of nitrogens with zero attached hydrogens (tertiary/aromatic N) is 2. The number of para-hydroxylation sites is 1. The van der Waals surface area contributed by atoms with Crippen molar-refractivity contribution < 1.29 is 14.3 Å². The zero-order valence-corrected chi connectivity index (χ0v) is 13.1. The standard InChI is InChI=1S/C17H23N2O3/c1-3-19-17(21)9-6-11-18(19)12-10-15(20)13-14-7-4-5-8-16(14)22-2/h4-5,7-8H,1,3,6,9-13H2,2H3. The van der Waals surface area contributed by atoms with E-state index in [9.17, 15) is 9.59 Å². The van der Waals surface area contributed by atoms with Gasteiger partial charge >= 0.3 is 0 Å². The first-order valence-corrected chi connectivity index (χ1v) is 7.63. The van der Waals surface area contributed by atoms with E-state index in [1.807, 2.05) is 29.3 Å². The van der Waals surface area contributed by atoms with Gasteiger partial charge in [0.1, 0.15) is 11.5 Å². The molecule has 5 heteroatoms. The van der Waals surface area contributed by atoms with Crippen LogP contribution in [0.1, 0.15) is 24.8 Å². The Morgan fingerprint density at radius 3 is 2.86 bits per heavy atom. The second-order valence-electron chi connectivity index (χ2n) is 5.35. The van der Waals surface area contributed by atoms with Crippen LogP contribution in [0.2, 0.25) is 0 Å². The fraction of sp³-hybridized carbons (Fsp3) is 0.471. The van der Waals surface area contributed by atoms with Gasteiger partial charge in [0.25, 0.3) is 0 Å². The number of Topliss-reactive ketones (excluding diaryl/α,β-unsaturated/α-hetero) is 1. The van der Waals surface area contributed by atoms with Gasteiger partial charge in [-0.2, -0.15) is 0 Å². The number of ether oxygens (including phenoxy) is 1. The molecule has 0 aromatic heterocycles. The Kier molecular flexibility index (Phi) is 5.95. The van der Waals surface area contributed by atoms with E-state index in [0.717, 1.165) is 24.3 Å². The van der Waals surface area contributed by atoms with Crippen molar-refractivity contribution in [1.29, 1.82) is 0 Å². The fourth-order valence-corrected chi connectivity index (χ4v) is 2.72. The van der Waals surface area contributed by atoms with Gasteiger partial charge in [-0.1, -0.05) is 18.2 Å². The van der Waals surface area contributed by atoms with E-state index in [1.54, 1.807) is 12.1 Å². The molecule has 2 rings (SSSR count). The Morgan fingerprint density at radius 1 is 1.36 bits per heavy atom. The number of ketones is 1. The predicted octanol–water partition coefficient (Wildman–Crippen LogP) is 1.87. The maximum Gasteiger partial charge on any atom is 0.236 e. The van der Waals surface area contributed by atoms with Crippen molar-refractivity contribution in [2.45, 2.75) is 25.7 Å². The summed E-state index contributed by atoms with van der Waals surface area (Å²) in [6.07, 6.45) is 2.19. The van der Waals surface area contributed by atoms with Crippen LogP contribution in [0.15, 0.2) is 24.3 Å². The topological polar surface area (TPSA) is 49.9 Å². The van der Waals surface area contributed by atoms with Crippen molar-refractivity contribution in [3.8, 4) is 5.75 Å². The molecule has 1 aliphatic heterocycles. The van der Waals surface area contributed by atoms with Gasteiger partial charge in [0.15, 0.2) is 0 Å².